The van der Waals surface area contributed by atoms with Gasteiger partial charge in [0.05, 0.1) is 0 Å². The highest BCUT2D eigenvalue weighted by Gasteiger charge is 2.08. The van der Waals surface area contributed by atoms with Crippen LogP contribution in [0.2, 0.25) is 0 Å². The van der Waals surface area contributed by atoms with Gasteiger partial charge in [0.2, 0.25) is 0 Å². The third-order valence-corrected chi connectivity index (χ3v) is 3.00. The van der Waals surface area contributed by atoms with Gasteiger partial charge in [-0.2, -0.15) is 0 Å². The summed E-state index contributed by atoms with van der Waals surface area (Å²) in [6, 6.07) is 4.89. The third kappa shape index (κ3) is 4.64. The number of unbranched alkanes of at least 4 members (excludes halogenated alkanes) is 1. The first kappa shape index (κ1) is 15.6. The van der Waals surface area contributed by atoms with E-state index in [1.54, 1.807) is 6.92 Å². The predicted molar refractivity (Wildman–Crippen MR) is 81.3 cm³/mol. The van der Waals surface area contributed by atoms with Gasteiger partial charge in [-0.1, -0.05) is 44.6 Å². The standard InChI is InChI=1S/C17H24FN/c1-4-6-7-9-14(8-5-2)15-10-11-17(18)16(12-15)13(3)19/h7-13H,4-6,19H2,1-3H3/b9-7-,14-8+. The molecule has 0 bridgehead atoms. The molecule has 0 aromatic heterocycles. The second kappa shape index (κ2) is 7.90. The minimum Gasteiger partial charge on any atom is -0.324 e. The summed E-state index contributed by atoms with van der Waals surface area (Å²) >= 11 is 0. The van der Waals surface area contributed by atoms with Crippen molar-refractivity contribution in [2.75, 3.05) is 0 Å². The van der Waals surface area contributed by atoms with Crippen LogP contribution in [0.25, 0.3) is 5.57 Å². The molecule has 1 aromatic rings. The van der Waals surface area contributed by atoms with Crippen molar-refractivity contribution in [2.24, 2.45) is 5.73 Å². The number of hydrogen-bond acceptors (Lipinski definition) is 1. The fourth-order valence-corrected chi connectivity index (χ4v) is 1.95. The van der Waals surface area contributed by atoms with E-state index < -0.39 is 0 Å². The lowest BCUT2D eigenvalue weighted by Gasteiger charge is -2.10. The number of benzene rings is 1. The lowest BCUT2D eigenvalue weighted by atomic mass is 9.98. The van der Waals surface area contributed by atoms with E-state index in [4.69, 9.17) is 5.73 Å². The Morgan fingerprint density at radius 3 is 2.68 bits per heavy atom. The van der Waals surface area contributed by atoms with Crippen LogP contribution in [0.3, 0.4) is 0 Å². The maximum atomic E-state index is 13.7. The van der Waals surface area contributed by atoms with Crippen molar-refractivity contribution in [2.45, 2.75) is 46.1 Å². The molecule has 1 atom stereocenters. The highest BCUT2D eigenvalue weighted by atomic mass is 19.1. The third-order valence-electron chi connectivity index (χ3n) is 3.00. The van der Waals surface area contributed by atoms with Gasteiger partial charge in [0.15, 0.2) is 0 Å². The molecule has 0 aliphatic carbocycles. The molecule has 0 aliphatic heterocycles. The van der Waals surface area contributed by atoms with Gasteiger partial charge in [-0.25, -0.2) is 4.39 Å². The maximum absolute atomic E-state index is 13.7. The summed E-state index contributed by atoms with van der Waals surface area (Å²) in [5.41, 5.74) is 8.54. The number of allylic oxidation sites excluding steroid dienone is 4. The number of halogens is 1. The molecule has 0 amide bonds. The molecular weight excluding hydrogens is 237 g/mol. The van der Waals surface area contributed by atoms with Crippen LogP contribution in [0.15, 0.2) is 36.4 Å². The van der Waals surface area contributed by atoms with Crippen LogP contribution in [0.5, 0.6) is 0 Å². The minimum atomic E-state index is -0.289. The van der Waals surface area contributed by atoms with E-state index in [9.17, 15) is 4.39 Å². The van der Waals surface area contributed by atoms with E-state index in [0.717, 1.165) is 30.4 Å². The van der Waals surface area contributed by atoms with E-state index in [0.29, 0.717) is 5.56 Å². The predicted octanol–water partition coefficient (Wildman–Crippen LogP) is 5.00. The molecule has 0 aliphatic rings. The molecule has 19 heavy (non-hydrogen) atoms. The Hall–Kier alpha value is -1.41. The van der Waals surface area contributed by atoms with Crippen LogP contribution in [-0.2, 0) is 0 Å². The van der Waals surface area contributed by atoms with Crippen LogP contribution in [0.4, 0.5) is 4.39 Å². The second-order valence-electron chi connectivity index (χ2n) is 4.78. The van der Waals surface area contributed by atoms with Crippen molar-refractivity contribution in [3.05, 3.63) is 53.4 Å². The summed E-state index contributed by atoms with van der Waals surface area (Å²) in [5, 5.41) is 0. The lowest BCUT2D eigenvalue weighted by molar-refractivity contribution is 0.593. The fraction of sp³-hybridized carbons (Fsp3) is 0.412. The first-order valence-corrected chi connectivity index (χ1v) is 7.02. The Bertz CT molecular complexity index is 458. The quantitative estimate of drug-likeness (QED) is 0.717. The van der Waals surface area contributed by atoms with Gasteiger partial charge < -0.3 is 5.73 Å². The monoisotopic (exact) mass is 261 g/mol. The zero-order chi connectivity index (χ0) is 14.3. The molecule has 0 spiro atoms. The molecule has 1 rings (SSSR count). The zero-order valence-electron chi connectivity index (χ0n) is 12.1. The normalized spacial score (nSPS) is 14.1. The average molecular weight is 261 g/mol. The average Bonchev–Trinajstić information content (AvgIpc) is 2.38. The Morgan fingerprint density at radius 2 is 2.11 bits per heavy atom. The van der Waals surface area contributed by atoms with E-state index in [1.807, 2.05) is 12.1 Å². The van der Waals surface area contributed by atoms with Crippen LogP contribution in [0.1, 0.15) is 57.2 Å². The van der Waals surface area contributed by atoms with Crippen LogP contribution < -0.4 is 5.73 Å². The summed E-state index contributed by atoms with van der Waals surface area (Å²) in [5.74, 6) is -0.230. The van der Waals surface area contributed by atoms with Gasteiger partial charge in [-0.15, -0.1) is 0 Å². The summed E-state index contributed by atoms with van der Waals surface area (Å²) < 4.78 is 13.7. The van der Waals surface area contributed by atoms with Gasteiger partial charge in [0, 0.05) is 11.6 Å². The van der Waals surface area contributed by atoms with E-state index in [2.05, 4.69) is 32.1 Å². The Labute approximate surface area is 116 Å². The number of nitrogens with two attached hydrogens (primary N) is 1. The van der Waals surface area contributed by atoms with Crippen LogP contribution in [0, 0.1) is 5.82 Å². The molecule has 2 N–H and O–H groups in total. The zero-order valence-corrected chi connectivity index (χ0v) is 12.1. The Balaban J connectivity index is 3.10. The van der Waals surface area contributed by atoms with Gasteiger partial charge in [-0.3, -0.25) is 0 Å². The van der Waals surface area contributed by atoms with Crippen molar-refractivity contribution >= 4 is 5.57 Å². The van der Waals surface area contributed by atoms with E-state index in [1.165, 1.54) is 6.07 Å². The van der Waals surface area contributed by atoms with Crippen molar-refractivity contribution < 1.29 is 4.39 Å². The Kier molecular flexibility index (Phi) is 6.51. The Morgan fingerprint density at radius 1 is 1.37 bits per heavy atom. The molecule has 0 radical (unpaired) electrons. The first-order valence-electron chi connectivity index (χ1n) is 7.02. The van der Waals surface area contributed by atoms with E-state index in [-0.39, 0.29) is 11.9 Å². The first-order chi connectivity index (χ1) is 9.10. The van der Waals surface area contributed by atoms with Gasteiger partial charge in [0.25, 0.3) is 0 Å². The molecule has 0 heterocycles. The molecule has 1 aromatic carbocycles. The summed E-state index contributed by atoms with van der Waals surface area (Å²) in [7, 11) is 0. The van der Waals surface area contributed by atoms with Crippen LogP contribution >= 0.6 is 0 Å². The van der Waals surface area contributed by atoms with Gasteiger partial charge in [0.1, 0.15) is 5.82 Å². The lowest BCUT2D eigenvalue weighted by Crippen LogP contribution is -2.07. The topological polar surface area (TPSA) is 26.0 Å². The molecule has 0 saturated heterocycles. The molecular formula is C17H24FN. The van der Waals surface area contributed by atoms with E-state index >= 15 is 0 Å². The smallest absolute Gasteiger partial charge is 0.128 e. The molecule has 1 nitrogen and oxygen atoms in total. The summed E-state index contributed by atoms with van der Waals surface area (Å²) in [4.78, 5) is 0. The van der Waals surface area contributed by atoms with Crippen LogP contribution in [-0.4, -0.2) is 0 Å². The number of hydrogen-bond donors (Lipinski definition) is 1. The molecule has 0 saturated carbocycles. The molecule has 2 heteroatoms. The molecule has 1 unspecified atom stereocenters. The van der Waals surface area contributed by atoms with Crippen molar-refractivity contribution in [3.8, 4) is 0 Å². The van der Waals surface area contributed by atoms with Crippen molar-refractivity contribution in [3.63, 3.8) is 0 Å². The SMILES string of the molecule is CC/C=C(\C=C/CCC)c1ccc(F)c(C(C)N)c1. The molecule has 104 valence electrons. The second-order valence-corrected chi connectivity index (χ2v) is 4.78. The van der Waals surface area contributed by atoms with Gasteiger partial charge >= 0.3 is 0 Å². The largest absolute Gasteiger partial charge is 0.324 e. The highest BCUT2D eigenvalue weighted by Crippen LogP contribution is 2.23. The van der Waals surface area contributed by atoms with Crippen molar-refractivity contribution in [1.29, 1.82) is 0 Å². The molecule has 0 fully saturated rings. The minimum absolute atomic E-state index is 0.230. The highest BCUT2D eigenvalue weighted by molar-refractivity contribution is 5.74. The summed E-state index contributed by atoms with van der Waals surface area (Å²) in [6.07, 6.45) is 9.58. The summed E-state index contributed by atoms with van der Waals surface area (Å²) in [6.45, 7) is 6.06. The number of rotatable bonds is 6. The van der Waals surface area contributed by atoms with Gasteiger partial charge in [-0.05, 0) is 43.0 Å². The fourth-order valence-electron chi connectivity index (χ4n) is 1.95. The maximum Gasteiger partial charge on any atom is 0.128 e. The van der Waals surface area contributed by atoms with Crippen molar-refractivity contribution in [1.82, 2.24) is 0 Å².